The molecule has 0 spiro atoms. The molecule has 1 atom stereocenters. The Hall–Kier alpha value is -1.55. The van der Waals surface area contributed by atoms with Gasteiger partial charge in [0.25, 0.3) is 5.91 Å². The molecule has 2 N–H and O–H groups in total. The van der Waals surface area contributed by atoms with Gasteiger partial charge in [0.1, 0.15) is 5.75 Å². The van der Waals surface area contributed by atoms with Gasteiger partial charge in [0.15, 0.2) is 6.10 Å². The Morgan fingerprint density at radius 3 is 2.94 bits per heavy atom. The van der Waals surface area contributed by atoms with Crippen molar-refractivity contribution < 1.29 is 9.53 Å². The van der Waals surface area contributed by atoms with Gasteiger partial charge in [-0.2, -0.15) is 0 Å². The van der Waals surface area contributed by atoms with Crippen molar-refractivity contribution in [3.8, 4) is 5.75 Å². The van der Waals surface area contributed by atoms with Crippen LogP contribution in [0.15, 0.2) is 24.3 Å². The average molecular weight is 232 g/mol. The van der Waals surface area contributed by atoms with Crippen LogP contribution in [-0.2, 0) is 4.79 Å². The number of fused-ring (bicyclic) bond motifs is 1. The average Bonchev–Trinajstić information content (AvgIpc) is 3.09. The number of ether oxygens (including phenoxy) is 1. The fourth-order valence-electron chi connectivity index (χ4n) is 2.50. The lowest BCUT2D eigenvalue weighted by atomic mass is 9.97. The number of hydrogen-bond donors (Lipinski definition) is 2. The molecule has 1 aliphatic heterocycles. The Labute approximate surface area is 100 Å². The largest absolute Gasteiger partial charge is 0.478 e. The summed E-state index contributed by atoms with van der Waals surface area (Å²) in [5, 5.41) is 6.08. The Bertz CT molecular complexity index is 454. The predicted molar refractivity (Wildman–Crippen MR) is 65.1 cm³/mol. The van der Waals surface area contributed by atoms with Crippen molar-refractivity contribution in [2.24, 2.45) is 5.41 Å². The molecule has 3 rings (SSSR count). The smallest absolute Gasteiger partial charge is 0.266 e. The Morgan fingerprint density at radius 2 is 2.24 bits per heavy atom. The first kappa shape index (κ1) is 10.6. The van der Waals surface area contributed by atoms with E-state index in [4.69, 9.17) is 4.74 Å². The molecule has 17 heavy (non-hydrogen) atoms. The number of benzene rings is 1. The van der Waals surface area contributed by atoms with E-state index in [0.29, 0.717) is 0 Å². The van der Waals surface area contributed by atoms with Gasteiger partial charge in [-0.05, 0) is 32.0 Å². The van der Waals surface area contributed by atoms with E-state index in [-0.39, 0.29) is 17.4 Å². The van der Waals surface area contributed by atoms with Crippen molar-refractivity contribution in [2.45, 2.75) is 18.9 Å². The first-order chi connectivity index (χ1) is 8.25. The van der Waals surface area contributed by atoms with Crippen LogP contribution in [0.1, 0.15) is 12.8 Å². The maximum Gasteiger partial charge on any atom is 0.266 e. The molecule has 0 saturated heterocycles. The molecule has 1 amide bonds. The molecule has 1 aromatic rings. The summed E-state index contributed by atoms with van der Waals surface area (Å²) in [6.45, 7) is 0.827. The Morgan fingerprint density at radius 1 is 1.47 bits per heavy atom. The van der Waals surface area contributed by atoms with Crippen LogP contribution in [-0.4, -0.2) is 25.6 Å². The normalized spacial score (nSPS) is 24.5. The number of anilines is 1. The summed E-state index contributed by atoms with van der Waals surface area (Å²) in [4.78, 5) is 12.1. The minimum absolute atomic E-state index is 0.00757. The van der Waals surface area contributed by atoms with Crippen molar-refractivity contribution in [2.75, 3.05) is 18.9 Å². The van der Waals surface area contributed by atoms with Crippen LogP contribution in [0.3, 0.4) is 0 Å². The van der Waals surface area contributed by atoms with E-state index in [2.05, 4.69) is 10.6 Å². The molecule has 1 fully saturated rings. The molecule has 1 unspecified atom stereocenters. The number of carbonyl (C=O) groups excluding carboxylic acids is 1. The van der Waals surface area contributed by atoms with E-state index in [0.717, 1.165) is 30.8 Å². The highest BCUT2D eigenvalue weighted by Gasteiger charge is 2.54. The number of rotatable bonds is 3. The summed E-state index contributed by atoms with van der Waals surface area (Å²) in [6.07, 6.45) is 1.74. The van der Waals surface area contributed by atoms with Crippen molar-refractivity contribution >= 4 is 11.6 Å². The highest BCUT2D eigenvalue weighted by Crippen LogP contribution is 2.51. The van der Waals surface area contributed by atoms with E-state index in [1.54, 1.807) is 0 Å². The summed E-state index contributed by atoms with van der Waals surface area (Å²) in [6, 6.07) is 7.58. The van der Waals surface area contributed by atoms with Crippen molar-refractivity contribution in [1.82, 2.24) is 5.32 Å². The third kappa shape index (κ3) is 1.69. The second-order valence-electron chi connectivity index (χ2n) is 4.88. The summed E-state index contributed by atoms with van der Waals surface area (Å²) >= 11 is 0. The molecular formula is C13H16N2O2. The lowest BCUT2D eigenvalue weighted by Crippen LogP contribution is -2.46. The van der Waals surface area contributed by atoms with Gasteiger partial charge in [0.05, 0.1) is 5.69 Å². The molecule has 1 aliphatic carbocycles. The molecule has 0 bridgehead atoms. The van der Waals surface area contributed by atoms with Crippen LogP contribution < -0.4 is 15.4 Å². The van der Waals surface area contributed by atoms with Gasteiger partial charge >= 0.3 is 0 Å². The molecule has 1 heterocycles. The molecule has 1 saturated carbocycles. The second-order valence-corrected chi connectivity index (χ2v) is 4.88. The minimum atomic E-state index is -0.357. The summed E-state index contributed by atoms with van der Waals surface area (Å²) in [5.41, 5.74) is 0.765. The lowest BCUT2D eigenvalue weighted by Gasteiger charge is -2.31. The van der Waals surface area contributed by atoms with Crippen LogP contribution in [0.5, 0.6) is 5.75 Å². The third-order valence-corrected chi connectivity index (χ3v) is 3.61. The highest BCUT2D eigenvalue weighted by atomic mass is 16.5. The van der Waals surface area contributed by atoms with E-state index >= 15 is 0 Å². The van der Waals surface area contributed by atoms with E-state index < -0.39 is 0 Å². The predicted octanol–water partition coefficient (Wildman–Crippen LogP) is 1.39. The van der Waals surface area contributed by atoms with Crippen LogP contribution in [0.2, 0.25) is 0 Å². The molecule has 2 aliphatic rings. The maximum absolute atomic E-state index is 12.1. The highest BCUT2D eigenvalue weighted by molar-refractivity contribution is 5.98. The van der Waals surface area contributed by atoms with E-state index in [9.17, 15) is 4.79 Å². The van der Waals surface area contributed by atoms with Gasteiger partial charge in [-0.25, -0.2) is 0 Å². The summed E-state index contributed by atoms with van der Waals surface area (Å²) in [7, 11) is 1.91. The zero-order valence-corrected chi connectivity index (χ0v) is 9.82. The summed E-state index contributed by atoms with van der Waals surface area (Å²) in [5.74, 6) is 0.760. The van der Waals surface area contributed by atoms with Crippen LogP contribution in [0, 0.1) is 5.41 Å². The van der Waals surface area contributed by atoms with Crippen molar-refractivity contribution in [3.63, 3.8) is 0 Å². The molecule has 0 radical (unpaired) electrons. The monoisotopic (exact) mass is 232 g/mol. The summed E-state index contributed by atoms with van der Waals surface area (Å²) < 4.78 is 5.87. The zero-order chi connectivity index (χ0) is 11.9. The van der Waals surface area contributed by atoms with Gasteiger partial charge in [0, 0.05) is 12.0 Å². The quantitative estimate of drug-likeness (QED) is 0.828. The SMILES string of the molecule is CNCC1(C2Oc3ccccc3NC2=O)CC1. The van der Waals surface area contributed by atoms with Gasteiger partial charge in [0.2, 0.25) is 0 Å². The molecule has 1 aromatic carbocycles. The number of para-hydroxylation sites is 2. The van der Waals surface area contributed by atoms with Crippen LogP contribution in [0.25, 0.3) is 0 Å². The standard InChI is InChI=1S/C13H16N2O2/c1-14-8-13(6-7-13)11-12(16)15-9-4-2-3-5-10(9)17-11/h2-5,11,14H,6-8H2,1H3,(H,15,16). The van der Waals surface area contributed by atoms with Crippen molar-refractivity contribution in [1.29, 1.82) is 0 Å². The van der Waals surface area contributed by atoms with Gasteiger partial charge < -0.3 is 15.4 Å². The number of carbonyl (C=O) groups is 1. The van der Waals surface area contributed by atoms with Gasteiger partial charge in [-0.1, -0.05) is 12.1 Å². The molecular weight excluding hydrogens is 216 g/mol. The molecule has 90 valence electrons. The fourth-order valence-corrected chi connectivity index (χ4v) is 2.50. The number of nitrogens with one attached hydrogen (secondary N) is 2. The van der Waals surface area contributed by atoms with E-state index in [1.807, 2.05) is 31.3 Å². The minimum Gasteiger partial charge on any atom is -0.478 e. The van der Waals surface area contributed by atoms with Gasteiger partial charge in [-0.3, -0.25) is 4.79 Å². The fraction of sp³-hybridized carbons (Fsp3) is 0.462. The second kappa shape index (κ2) is 3.74. The topological polar surface area (TPSA) is 50.4 Å². The third-order valence-electron chi connectivity index (χ3n) is 3.61. The van der Waals surface area contributed by atoms with Crippen LogP contribution >= 0.6 is 0 Å². The van der Waals surface area contributed by atoms with Gasteiger partial charge in [-0.15, -0.1) is 0 Å². The lowest BCUT2D eigenvalue weighted by molar-refractivity contribution is -0.126. The first-order valence-corrected chi connectivity index (χ1v) is 5.96. The molecule has 0 aromatic heterocycles. The Balaban J connectivity index is 1.87. The zero-order valence-electron chi connectivity index (χ0n) is 9.82. The molecule has 4 nitrogen and oxygen atoms in total. The Kier molecular flexibility index (Phi) is 2.33. The van der Waals surface area contributed by atoms with Crippen LogP contribution in [0.4, 0.5) is 5.69 Å². The molecule has 4 heteroatoms. The van der Waals surface area contributed by atoms with Crippen molar-refractivity contribution in [3.05, 3.63) is 24.3 Å². The number of hydrogen-bond acceptors (Lipinski definition) is 3. The number of amides is 1. The first-order valence-electron chi connectivity index (χ1n) is 5.96. The van der Waals surface area contributed by atoms with E-state index in [1.165, 1.54) is 0 Å². The maximum atomic E-state index is 12.1.